The average Bonchev–Trinajstić information content (AvgIpc) is 3.16. The summed E-state index contributed by atoms with van der Waals surface area (Å²) < 4.78 is 5.25. The van der Waals surface area contributed by atoms with Crippen LogP contribution in [0.1, 0.15) is 24.4 Å². The van der Waals surface area contributed by atoms with Crippen LogP contribution in [-0.4, -0.2) is 10.1 Å². The van der Waals surface area contributed by atoms with Gasteiger partial charge >= 0.3 is 0 Å². The Morgan fingerprint density at radius 3 is 2.81 bits per heavy atom. The fraction of sp³-hybridized carbons (Fsp3) is 0.200. The predicted octanol–water partition coefficient (Wildman–Crippen LogP) is 4.30. The lowest BCUT2D eigenvalue weighted by molar-refractivity contribution is 0.360. The minimum Gasteiger partial charge on any atom is -0.338 e. The number of nitrogens with one attached hydrogen (secondary N) is 1. The van der Waals surface area contributed by atoms with Crippen LogP contribution in [-0.2, 0) is 6.54 Å². The van der Waals surface area contributed by atoms with Crippen LogP contribution in [0, 0.1) is 0 Å². The molecule has 2 heterocycles. The number of rotatable bonds is 5. The fourth-order valence-corrected chi connectivity index (χ4v) is 2.71. The van der Waals surface area contributed by atoms with E-state index in [1.807, 2.05) is 41.1 Å². The smallest absolute Gasteiger partial charge is 0.240 e. The second-order valence-corrected chi connectivity index (χ2v) is 5.89. The maximum Gasteiger partial charge on any atom is 0.240 e. The number of thiophene rings is 1. The number of nitrogens with zero attached hydrogens (tertiary/aromatic N) is 2. The maximum absolute atomic E-state index is 5.89. The van der Waals surface area contributed by atoms with Crippen molar-refractivity contribution in [2.24, 2.45) is 0 Å². The molecule has 0 aliphatic rings. The highest BCUT2D eigenvalue weighted by molar-refractivity contribution is 7.08. The first-order valence-corrected chi connectivity index (χ1v) is 7.88. The molecular weight excluding hydrogens is 306 g/mol. The molecule has 0 spiro atoms. The highest BCUT2D eigenvalue weighted by Gasteiger charge is 2.11. The molecule has 1 N–H and O–H groups in total. The third-order valence-electron chi connectivity index (χ3n) is 3.18. The fourth-order valence-electron chi connectivity index (χ4n) is 1.95. The molecule has 0 fully saturated rings. The lowest BCUT2D eigenvalue weighted by Gasteiger charge is -2.12. The minimum absolute atomic E-state index is 0.179. The molecule has 0 saturated carbocycles. The van der Waals surface area contributed by atoms with E-state index in [-0.39, 0.29) is 6.04 Å². The highest BCUT2D eigenvalue weighted by Crippen LogP contribution is 2.19. The van der Waals surface area contributed by atoms with Crippen LogP contribution in [0.15, 0.2) is 45.6 Å². The zero-order valence-corrected chi connectivity index (χ0v) is 13.0. The van der Waals surface area contributed by atoms with Gasteiger partial charge in [-0.15, -0.1) is 0 Å². The summed E-state index contributed by atoms with van der Waals surface area (Å²) in [4.78, 5) is 4.38. The van der Waals surface area contributed by atoms with Gasteiger partial charge in [-0.25, -0.2) is 0 Å². The molecule has 21 heavy (non-hydrogen) atoms. The summed E-state index contributed by atoms with van der Waals surface area (Å²) in [5, 5.41) is 12.1. The molecule has 108 valence electrons. The van der Waals surface area contributed by atoms with Crippen molar-refractivity contribution < 1.29 is 4.52 Å². The average molecular weight is 320 g/mol. The zero-order valence-electron chi connectivity index (χ0n) is 11.4. The predicted molar refractivity (Wildman–Crippen MR) is 84.3 cm³/mol. The molecule has 4 nitrogen and oxygen atoms in total. The second-order valence-electron chi connectivity index (χ2n) is 4.68. The van der Waals surface area contributed by atoms with Crippen molar-refractivity contribution in [3.63, 3.8) is 0 Å². The first kappa shape index (κ1) is 14.3. The molecule has 3 aromatic rings. The molecule has 0 saturated heterocycles. The van der Waals surface area contributed by atoms with E-state index in [9.17, 15) is 0 Å². The van der Waals surface area contributed by atoms with Crippen molar-refractivity contribution in [3.05, 3.63) is 57.6 Å². The summed E-state index contributed by atoms with van der Waals surface area (Å²) in [6.07, 6.45) is 0. The molecule has 0 aliphatic carbocycles. The zero-order chi connectivity index (χ0) is 14.7. The SMILES string of the molecule is CC(NCc1nc(-c2ccsc2)no1)c1ccc(Cl)cc1. The van der Waals surface area contributed by atoms with Gasteiger partial charge in [0.1, 0.15) is 0 Å². The van der Waals surface area contributed by atoms with E-state index in [0.29, 0.717) is 18.3 Å². The van der Waals surface area contributed by atoms with Crippen molar-refractivity contribution in [2.45, 2.75) is 19.5 Å². The number of aromatic nitrogens is 2. The van der Waals surface area contributed by atoms with E-state index in [4.69, 9.17) is 16.1 Å². The normalized spacial score (nSPS) is 12.5. The topological polar surface area (TPSA) is 51.0 Å². The Kier molecular flexibility index (Phi) is 4.34. The third kappa shape index (κ3) is 3.50. The van der Waals surface area contributed by atoms with Crippen molar-refractivity contribution in [1.82, 2.24) is 15.5 Å². The Labute approximate surface area is 131 Å². The first-order valence-electron chi connectivity index (χ1n) is 6.56. The molecule has 1 aromatic carbocycles. The summed E-state index contributed by atoms with van der Waals surface area (Å²) in [6.45, 7) is 2.61. The van der Waals surface area contributed by atoms with E-state index in [1.54, 1.807) is 11.3 Å². The standard InChI is InChI=1S/C15H14ClN3OS/c1-10(11-2-4-13(16)5-3-11)17-8-14-18-15(19-20-14)12-6-7-21-9-12/h2-7,9-10,17H,8H2,1H3. The van der Waals surface area contributed by atoms with Crippen molar-refractivity contribution in [1.29, 1.82) is 0 Å². The van der Waals surface area contributed by atoms with Gasteiger partial charge in [0.2, 0.25) is 11.7 Å². The van der Waals surface area contributed by atoms with Gasteiger partial charge in [-0.05, 0) is 36.1 Å². The van der Waals surface area contributed by atoms with Crippen LogP contribution < -0.4 is 5.32 Å². The summed E-state index contributed by atoms with van der Waals surface area (Å²) in [7, 11) is 0. The molecule has 0 bridgehead atoms. The van der Waals surface area contributed by atoms with Gasteiger partial charge in [-0.2, -0.15) is 16.3 Å². The van der Waals surface area contributed by atoms with Crippen LogP contribution >= 0.6 is 22.9 Å². The Bertz CT molecular complexity index is 694. The lowest BCUT2D eigenvalue weighted by Crippen LogP contribution is -2.18. The number of hydrogen-bond donors (Lipinski definition) is 1. The van der Waals surface area contributed by atoms with Gasteiger partial charge in [0.15, 0.2) is 0 Å². The van der Waals surface area contributed by atoms with Crippen LogP contribution in [0.3, 0.4) is 0 Å². The van der Waals surface area contributed by atoms with Crippen molar-refractivity contribution in [3.8, 4) is 11.4 Å². The van der Waals surface area contributed by atoms with E-state index in [0.717, 1.165) is 16.1 Å². The van der Waals surface area contributed by atoms with Gasteiger partial charge in [0.25, 0.3) is 0 Å². The quantitative estimate of drug-likeness (QED) is 0.761. The highest BCUT2D eigenvalue weighted by atomic mass is 35.5. The van der Waals surface area contributed by atoms with E-state index < -0.39 is 0 Å². The van der Waals surface area contributed by atoms with Crippen molar-refractivity contribution in [2.75, 3.05) is 0 Å². The first-order chi connectivity index (χ1) is 10.2. The third-order valence-corrected chi connectivity index (χ3v) is 4.11. The van der Waals surface area contributed by atoms with Gasteiger partial charge in [0.05, 0.1) is 6.54 Å². The van der Waals surface area contributed by atoms with Crippen LogP contribution in [0.4, 0.5) is 0 Å². The molecule has 1 atom stereocenters. The molecule has 0 aliphatic heterocycles. The Morgan fingerprint density at radius 1 is 1.29 bits per heavy atom. The lowest BCUT2D eigenvalue weighted by atomic mass is 10.1. The van der Waals surface area contributed by atoms with Gasteiger partial charge < -0.3 is 9.84 Å². The Hall–Kier alpha value is -1.69. The van der Waals surface area contributed by atoms with Gasteiger partial charge in [0, 0.05) is 22.0 Å². The molecule has 2 aromatic heterocycles. The molecule has 1 unspecified atom stereocenters. The second kappa shape index (κ2) is 6.39. The molecule has 0 radical (unpaired) electrons. The molecular formula is C15H14ClN3OS. The van der Waals surface area contributed by atoms with Crippen LogP contribution in [0.25, 0.3) is 11.4 Å². The molecule has 6 heteroatoms. The monoisotopic (exact) mass is 319 g/mol. The number of benzene rings is 1. The number of halogens is 1. The van der Waals surface area contributed by atoms with Crippen LogP contribution in [0.5, 0.6) is 0 Å². The van der Waals surface area contributed by atoms with E-state index >= 15 is 0 Å². The molecule has 3 rings (SSSR count). The molecule has 0 amide bonds. The van der Waals surface area contributed by atoms with Gasteiger partial charge in [-0.3, -0.25) is 0 Å². The Morgan fingerprint density at radius 2 is 2.10 bits per heavy atom. The summed E-state index contributed by atoms with van der Waals surface area (Å²) >= 11 is 7.50. The van der Waals surface area contributed by atoms with E-state index in [2.05, 4.69) is 22.4 Å². The minimum atomic E-state index is 0.179. The largest absolute Gasteiger partial charge is 0.338 e. The summed E-state index contributed by atoms with van der Waals surface area (Å²) in [5.74, 6) is 1.21. The van der Waals surface area contributed by atoms with Crippen molar-refractivity contribution >= 4 is 22.9 Å². The van der Waals surface area contributed by atoms with Gasteiger partial charge in [-0.1, -0.05) is 28.9 Å². The maximum atomic E-state index is 5.89. The van der Waals surface area contributed by atoms with E-state index in [1.165, 1.54) is 0 Å². The number of hydrogen-bond acceptors (Lipinski definition) is 5. The van der Waals surface area contributed by atoms with Crippen LogP contribution in [0.2, 0.25) is 5.02 Å². The Balaban J connectivity index is 1.61. The summed E-state index contributed by atoms with van der Waals surface area (Å²) in [5.41, 5.74) is 2.15. The summed E-state index contributed by atoms with van der Waals surface area (Å²) in [6, 6.07) is 9.93.